The van der Waals surface area contributed by atoms with E-state index in [0.717, 1.165) is 17.0 Å². The maximum Gasteiger partial charge on any atom is 0.319 e. The summed E-state index contributed by atoms with van der Waals surface area (Å²) < 4.78 is 11.0. The van der Waals surface area contributed by atoms with Crippen molar-refractivity contribution in [2.75, 3.05) is 12.4 Å². The predicted molar refractivity (Wildman–Crippen MR) is 102 cm³/mol. The van der Waals surface area contributed by atoms with Crippen molar-refractivity contribution in [2.24, 2.45) is 0 Å². The number of nitrogens with one attached hydrogen (secondary N) is 2. The average molecular weight is 369 g/mol. The molecule has 2 amide bonds. The van der Waals surface area contributed by atoms with Crippen LogP contribution in [0.25, 0.3) is 0 Å². The van der Waals surface area contributed by atoms with Gasteiger partial charge in [-0.25, -0.2) is 9.78 Å². The van der Waals surface area contributed by atoms with Gasteiger partial charge < -0.3 is 20.1 Å². The lowest BCUT2D eigenvalue weighted by Crippen LogP contribution is -2.28. The number of carbonyl (C=O) groups is 1. The summed E-state index contributed by atoms with van der Waals surface area (Å²) in [6.45, 7) is 0.767. The molecule has 0 saturated carbocycles. The van der Waals surface area contributed by atoms with Crippen LogP contribution in [0.15, 0.2) is 59.4 Å². The highest BCUT2D eigenvalue weighted by molar-refractivity contribution is 7.07. The zero-order valence-electron chi connectivity index (χ0n) is 14.3. The van der Waals surface area contributed by atoms with E-state index in [4.69, 9.17) is 9.47 Å². The lowest BCUT2D eigenvalue weighted by atomic mass is 10.2. The number of carbonyl (C=O) groups excluding carboxylic acids is 1. The molecule has 0 unspecified atom stereocenters. The summed E-state index contributed by atoms with van der Waals surface area (Å²) in [7, 11) is 1.61. The topological polar surface area (TPSA) is 72.5 Å². The molecule has 0 bridgehead atoms. The van der Waals surface area contributed by atoms with Gasteiger partial charge in [-0.2, -0.15) is 0 Å². The van der Waals surface area contributed by atoms with Crippen molar-refractivity contribution in [1.82, 2.24) is 10.3 Å². The number of methoxy groups -OCH3 is 1. The highest BCUT2D eigenvalue weighted by atomic mass is 32.1. The fourth-order valence-corrected chi connectivity index (χ4v) is 2.87. The molecule has 2 aromatic carbocycles. The van der Waals surface area contributed by atoms with E-state index in [1.165, 1.54) is 11.3 Å². The largest absolute Gasteiger partial charge is 0.496 e. The second-order valence-electron chi connectivity index (χ2n) is 5.42. The minimum Gasteiger partial charge on any atom is -0.496 e. The second-order valence-corrected chi connectivity index (χ2v) is 6.13. The Bertz CT molecular complexity index is 853. The number of amides is 2. The van der Waals surface area contributed by atoms with Gasteiger partial charge in [0.1, 0.15) is 18.1 Å². The van der Waals surface area contributed by atoms with E-state index in [1.807, 2.05) is 41.8 Å². The van der Waals surface area contributed by atoms with Crippen LogP contribution in [0.5, 0.6) is 11.5 Å². The molecule has 7 heteroatoms. The van der Waals surface area contributed by atoms with Gasteiger partial charge in [0.15, 0.2) is 0 Å². The molecule has 1 heterocycles. The van der Waals surface area contributed by atoms with Gasteiger partial charge in [-0.3, -0.25) is 0 Å². The Labute approximate surface area is 155 Å². The van der Waals surface area contributed by atoms with Crippen LogP contribution < -0.4 is 20.1 Å². The fourth-order valence-electron chi connectivity index (χ4n) is 2.33. The molecule has 0 aliphatic rings. The Morgan fingerprint density at radius 3 is 2.88 bits per heavy atom. The first kappa shape index (κ1) is 17.8. The molecule has 3 aromatic rings. The third-order valence-corrected chi connectivity index (χ3v) is 4.23. The number of nitrogens with zero attached hydrogens (tertiary/aromatic N) is 1. The molecule has 0 atom stereocenters. The fraction of sp³-hybridized carbons (Fsp3) is 0.158. The lowest BCUT2D eigenvalue weighted by Gasteiger charge is -2.11. The molecule has 0 saturated heterocycles. The van der Waals surface area contributed by atoms with E-state index < -0.39 is 0 Å². The van der Waals surface area contributed by atoms with Gasteiger partial charge in [-0.15, -0.1) is 11.3 Å². The normalized spacial score (nSPS) is 10.2. The summed E-state index contributed by atoms with van der Waals surface area (Å²) >= 11 is 1.53. The van der Waals surface area contributed by atoms with Crippen LogP contribution >= 0.6 is 11.3 Å². The van der Waals surface area contributed by atoms with Crippen LogP contribution in [0.4, 0.5) is 10.5 Å². The van der Waals surface area contributed by atoms with E-state index >= 15 is 0 Å². The van der Waals surface area contributed by atoms with Crippen molar-refractivity contribution in [3.8, 4) is 11.5 Å². The van der Waals surface area contributed by atoms with E-state index in [1.54, 1.807) is 24.8 Å². The highest BCUT2D eigenvalue weighted by Gasteiger charge is 2.06. The molecule has 6 nitrogen and oxygen atoms in total. The summed E-state index contributed by atoms with van der Waals surface area (Å²) in [5.41, 5.74) is 4.20. The average Bonchev–Trinajstić information content (AvgIpc) is 3.19. The Morgan fingerprint density at radius 1 is 1.19 bits per heavy atom. The number of rotatable bonds is 7. The first-order chi connectivity index (χ1) is 12.7. The second kappa shape index (κ2) is 8.87. The van der Waals surface area contributed by atoms with Crippen molar-refractivity contribution in [1.29, 1.82) is 0 Å². The number of ether oxygens (including phenoxy) is 2. The number of benzene rings is 2. The minimum atomic E-state index is -0.299. The van der Waals surface area contributed by atoms with Crippen molar-refractivity contribution in [3.63, 3.8) is 0 Å². The van der Waals surface area contributed by atoms with Crippen LogP contribution in [-0.4, -0.2) is 18.1 Å². The van der Waals surface area contributed by atoms with Crippen molar-refractivity contribution in [2.45, 2.75) is 13.2 Å². The van der Waals surface area contributed by atoms with E-state index in [9.17, 15) is 4.79 Å². The van der Waals surface area contributed by atoms with Gasteiger partial charge in [-0.1, -0.05) is 24.3 Å². The molecule has 134 valence electrons. The third-order valence-electron chi connectivity index (χ3n) is 3.59. The van der Waals surface area contributed by atoms with E-state index in [0.29, 0.717) is 24.6 Å². The number of aromatic nitrogens is 1. The molecular weight excluding hydrogens is 350 g/mol. The summed E-state index contributed by atoms with van der Waals surface area (Å²) in [5, 5.41) is 7.55. The molecule has 26 heavy (non-hydrogen) atoms. The molecule has 1 aromatic heterocycles. The Kier molecular flexibility index (Phi) is 6.05. The molecule has 3 rings (SSSR count). The van der Waals surface area contributed by atoms with Crippen molar-refractivity contribution in [3.05, 3.63) is 70.7 Å². The van der Waals surface area contributed by atoms with Crippen LogP contribution in [-0.2, 0) is 13.2 Å². The Hall–Kier alpha value is -3.06. The summed E-state index contributed by atoms with van der Waals surface area (Å²) in [6, 6.07) is 14.5. The minimum absolute atomic E-state index is 0.299. The number of hydrogen-bond acceptors (Lipinski definition) is 5. The quantitative estimate of drug-likeness (QED) is 0.659. The van der Waals surface area contributed by atoms with Crippen LogP contribution in [0, 0.1) is 0 Å². The summed E-state index contributed by atoms with van der Waals surface area (Å²) in [5.74, 6) is 1.41. The zero-order chi connectivity index (χ0) is 18.2. The SMILES string of the molecule is COc1ccccc1CNC(=O)Nc1cccc(OCc2cscn2)c1. The zero-order valence-corrected chi connectivity index (χ0v) is 15.1. The maximum atomic E-state index is 12.1. The molecule has 2 N–H and O–H groups in total. The molecular formula is C19H19N3O3S. The number of urea groups is 1. The molecule has 0 spiro atoms. The van der Waals surface area contributed by atoms with Crippen LogP contribution in [0.3, 0.4) is 0 Å². The van der Waals surface area contributed by atoms with Gasteiger partial charge in [0.05, 0.1) is 18.3 Å². The summed E-state index contributed by atoms with van der Waals surface area (Å²) in [4.78, 5) is 16.3. The predicted octanol–water partition coefficient (Wildman–Crippen LogP) is 4.05. The first-order valence-corrected chi connectivity index (χ1v) is 8.95. The lowest BCUT2D eigenvalue weighted by molar-refractivity contribution is 0.251. The number of anilines is 1. The van der Waals surface area contributed by atoms with Crippen molar-refractivity contribution >= 4 is 23.1 Å². The molecule has 0 aliphatic carbocycles. The smallest absolute Gasteiger partial charge is 0.319 e. The Balaban J connectivity index is 1.53. The summed E-state index contributed by atoms with van der Waals surface area (Å²) in [6.07, 6.45) is 0. The maximum absolute atomic E-state index is 12.1. The standard InChI is InChI=1S/C19H19N3O3S/c1-24-18-8-3-2-5-14(18)10-20-19(23)22-15-6-4-7-17(9-15)25-11-16-12-26-13-21-16/h2-9,12-13H,10-11H2,1H3,(H2,20,22,23). The van der Waals surface area contributed by atoms with E-state index in [-0.39, 0.29) is 6.03 Å². The van der Waals surface area contributed by atoms with Gasteiger partial charge in [0.25, 0.3) is 0 Å². The highest BCUT2D eigenvalue weighted by Crippen LogP contribution is 2.19. The van der Waals surface area contributed by atoms with Gasteiger partial charge >= 0.3 is 6.03 Å². The Morgan fingerprint density at radius 2 is 2.08 bits per heavy atom. The van der Waals surface area contributed by atoms with E-state index in [2.05, 4.69) is 15.6 Å². The van der Waals surface area contributed by atoms with Crippen LogP contribution in [0.1, 0.15) is 11.3 Å². The van der Waals surface area contributed by atoms with Gasteiger partial charge in [0.2, 0.25) is 0 Å². The van der Waals surface area contributed by atoms with Crippen LogP contribution in [0.2, 0.25) is 0 Å². The van der Waals surface area contributed by atoms with Gasteiger partial charge in [-0.05, 0) is 18.2 Å². The van der Waals surface area contributed by atoms with Gasteiger partial charge in [0, 0.05) is 29.2 Å². The number of hydrogen-bond donors (Lipinski definition) is 2. The third kappa shape index (κ3) is 4.97. The molecule has 0 fully saturated rings. The molecule has 0 radical (unpaired) electrons. The number of para-hydroxylation sites is 1. The molecule has 0 aliphatic heterocycles. The monoisotopic (exact) mass is 369 g/mol. The van der Waals surface area contributed by atoms with Crippen molar-refractivity contribution < 1.29 is 14.3 Å². The number of thiazole rings is 1. The first-order valence-electron chi connectivity index (χ1n) is 8.01.